The minimum atomic E-state index is -0.330. The average Bonchev–Trinajstić information content (AvgIpc) is 3.19. The van der Waals surface area contributed by atoms with Gasteiger partial charge in [0.1, 0.15) is 12.4 Å². The molecule has 0 unspecified atom stereocenters. The van der Waals surface area contributed by atoms with Crippen molar-refractivity contribution < 1.29 is 9.18 Å². The summed E-state index contributed by atoms with van der Waals surface area (Å²) in [5, 5.41) is 16.7. The third kappa shape index (κ3) is 3.78. The van der Waals surface area contributed by atoms with Crippen molar-refractivity contribution in [1.29, 1.82) is 0 Å². The number of rotatable bonds is 5. The van der Waals surface area contributed by atoms with Gasteiger partial charge in [-0.15, -0.1) is 21.5 Å². The van der Waals surface area contributed by atoms with Gasteiger partial charge in [-0.05, 0) is 47.8 Å². The van der Waals surface area contributed by atoms with Gasteiger partial charge >= 0.3 is 0 Å². The first-order chi connectivity index (χ1) is 11.1. The number of carbonyl (C=O) groups is 1. The number of hydrogen-bond acceptors (Lipinski definition) is 5. The predicted molar refractivity (Wildman–Crippen MR) is 84.1 cm³/mol. The molecule has 6 nitrogen and oxygen atoms in total. The second kappa shape index (κ2) is 6.66. The quantitative estimate of drug-likeness (QED) is 0.779. The zero-order valence-corrected chi connectivity index (χ0v) is 13.1. The SMILES string of the molecule is C[C@H](NC(=O)Cn1nnc(-c2ccc(F)cc2)n1)c1cccs1. The Morgan fingerprint density at radius 3 is 2.83 bits per heavy atom. The van der Waals surface area contributed by atoms with Crippen molar-refractivity contribution in [2.75, 3.05) is 0 Å². The average molecular weight is 331 g/mol. The highest BCUT2D eigenvalue weighted by molar-refractivity contribution is 7.10. The van der Waals surface area contributed by atoms with Crippen LogP contribution in [0.1, 0.15) is 17.8 Å². The fraction of sp³-hybridized carbons (Fsp3) is 0.200. The fourth-order valence-corrected chi connectivity index (χ4v) is 2.78. The molecule has 1 aromatic carbocycles. The van der Waals surface area contributed by atoms with E-state index >= 15 is 0 Å². The molecule has 0 radical (unpaired) electrons. The van der Waals surface area contributed by atoms with Crippen molar-refractivity contribution in [2.45, 2.75) is 19.5 Å². The lowest BCUT2D eigenvalue weighted by Crippen LogP contribution is -2.30. The Morgan fingerprint density at radius 2 is 2.13 bits per heavy atom. The molecule has 0 saturated heterocycles. The van der Waals surface area contributed by atoms with Crippen LogP contribution in [0.4, 0.5) is 4.39 Å². The number of halogens is 1. The van der Waals surface area contributed by atoms with Crippen LogP contribution in [0.2, 0.25) is 0 Å². The van der Waals surface area contributed by atoms with Gasteiger partial charge in [-0.3, -0.25) is 4.79 Å². The molecule has 3 rings (SSSR count). The summed E-state index contributed by atoms with van der Waals surface area (Å²) in [6.07, 6.45) is 0. The summed E-state index contributed by atoms with van der Waals surface area (Å²) < 4.78 is 12.9. The van der Waals surface area contributed by atoms with Crippen LogP contribution in [0.3, 0.4) is 0 Å². The van der Waals surface area contributed by atoms with Gasteiger partial charge in [0, 0.05) is 10.4 Å². The van der Waals surface area contributed by atoms with E-state index in [2.05, 4.69) is 20.7 Å². The lowest BCUT2D eigenvalue weighted by Gasteiger charge is -2.11. The molecule has 2 heterocycles. The number of amides is 1. The molecule has 0 fully saturated rings. The van der Waals surface area contributed by atoms with E-state index in [1.807, 2.05) is 24.4 Å². The zero-order chi connectivity index (χ0) is 16.2. The largest absolute Gasteiger partial charge is 0.347 e. The summed E-state index contributed by atoms with van der Waals surface area (Å²) in [6, 6.07) is 9.62. The third-order valence-corrected chi connectivity index (χ3v) is 4.24. The van der Waals surface area contributed by atoms with Gasteiger partial charge in [-0.2, -0.15) is 4.80 Å². The van der Waals surface area contributed by atoms with E-state index in [0.717, 1.165) is 4.88 Å². The molecule has 1 amide bonds. The van der Waals surface area contributed by atoms with E-state index in [9.17, 15) is 9.18 Å². The monoisotopic (exact) mass is 331 g/mol. The van der Waals surface area contributed by atoms with Gasteiger partial charge in [0.2, 0.25) is 11.7 Å². The van der Waals surface area contributed by atoms with Crippen molar-refractivity contribution in [3.8, 4) is 11.4 Å². The van der Waals surface area contributed by atoms with Crippen LogP contribution in [0.5, 0.6) is 0 Å². The topological polar surface area (TPSA) is 72.7 Å². The predicted octanol–water partition coefficient (Wildman–Crippen LogP) is 2.42. The standard InChI is InChI=1S/C15H14FN5OS/c1-10(13-3-2-8-23-13)17-14(22)9-21-19-15(18-20-21)11-4-6-12(16)7-5-11/h2-8,10H,9H2,1H3,(H,17,22)/t10-/m0/s1. The second-order valence-electron chi connectivity index (χ2n) is 4.95. The molecule has 0 bridgehead atoms. The highest BCUT2D eigenvalue weighted by Gasteiger charge is 2.13. The van der Waals surface area contributed by atoms with Gasteiger partial charge < -0.3 is 5.32 Å². The number of nitrogens with one attached hydrogen (secondary N) is 1. The number of hydrogen-bond donors (Lipinski definition) is 1. The van der Waals surface area contributed by atoms with Crippen LogP contribution in [-0.4, -0.2) is 26.1 Å². The van der Waals surface area contributed by atoms with Crippen molar-refractivity contribution >= 4 is 17.2 Å². The van der Waals surface area contributed by atoms with Crippen LogP contribution >= 0.6 is 11.3 Å². The molecule has 23 heavy (non-hydrogen) atoms. The number of nitrogens with zero attached hydrogens (tertiary/aromatic N) is 4. The van der Waals surface area contributed by atoms with E-state index < -0.39 is 0 Å². The summed E-state index contributed by atoms with van der Waals surface area (Å²) in [6.45, 7) is 1.90. The highest BCUT2D eigenvalue weighted by Crippen LogP contribution is 2.18. The third-order valence-electron chi connectivity index (χ3n) is 3.19. The summed E-state index contributed by atoms with van der Waals surface area (Å²) in [5.74, 6) is -0.179. The first kappa shape index (κ1) is 15.3. The van der Waals surface area contributed by atoms with E-state index in [1.54, 1.807) is 23.5 Å². The van der Waals surface area contributed by atoms with Gasteiger partial charge in [0.05, 0.1) is 6.04 Å². The van der Waals surface area contributed by atoms with E-state index in [1.165, 1.54) is 16.9 Å². The molecule has 1 N–H and O–H groups in total. The zero-order valence-electron chi connectivity index (χ0n) is 12.3. The number of tetrazole rings is 1. The van der Waals surface area contributed by atoms with Crippen LogP contribution in [0.25, 0.3) is 11.4 Å². The van der Waals surface area contributed by atoms with Crippen molar-refractivity contribution in [2.24, 2.45) is 0 Å². The normalized spacial score (nSPS) is 12.1. The number of benzene rings is 1. The summed E-state index contributed by atoms with van der Waals surface area (Å²) in [5.41, 5.74) is 0.644. The molecule has 3 aromatic rings. The molecule has 2 aromatic heterocycles. The van der Waals surface area contributed by atoms with Gasteiger partial charge in [0.25, 0.3) is 0 Å². The van der Waals surface area contributed by atoms with Gasteiger partial charge in [-0.1, -0.05) is 6.07 Å². The molecule has 0 aliphatic rings. The number of thiophene rings is 1. The van der Waals surface area contributed by atoms with Gasteiger partial charge in [0.15, 0.2) is 0 Å². The lowest BCUT2D eigenvalue weighted by molar-refractivity contribution is -0.122. The lowest BCUT2D eigenvalue weighted by atomic mass is 10.2. The minimum Gasteiger partial charge on any atom is -0.347 e. The van der Waals surface area contributed by atoms with Crippen LogP contribution in [0, 0.1) is 5.82 Å². The Labute approximate surface area is 136 Å². The van der Waals surface area contributed by atoms with Crippen molar-refractivity contribution in [3.05, 3.63) is 52.5 Å². The maximum Gasteiger partial charge on any atom is 0.244 e. The molecule has 0 spiro atoms. The summed E-state index contributed by atoms with van der Waals surface area (Å²) in [4.78, 5) is 14.3. The van der Waals surface area contributed by atoms with Crippen LogP contribution in [0.15, 0.2) is 41.8 Å². The second-order valence-corrected chi connectivity index (χ2v) is 5.93. The molecule has 0 aliphatic heterocycles. The maximum atomic E-state index is 12.9. The first-order valence-electron chi connectivity index (χ1n) is 6.98. The maximum absolute atomic E-state index is 12.9. The number of carbonyl (C=O) groups excluding carboxylic acids is 1. The van der Waals surface area contributed by atoms with Crippen LogP contribution < -0.4 is 5.32 Å². The van der Waals surface area contributed by atoms with Gasteiger partial charge in [-0.25, -0.2) is 4.39 Å². The molecule has 0 aliphatic carbocycles. The van der Waals surface area contributed by atoms with E-state index in [-0.39, 0.29) is 24.3 Å². The van der Waals surface area contributed by atoms with Crippen molar-refractivity contribution in [1.82, 2.24) is 25.5 Å². The Morgan fingerprint density at radius 1 is 1.35 bits per heavy atom. The molecule has 8 heteroatoms. The number of aromatic nitrogens is 4. The summed E-state index contributed by atoms with van der Waals surface area (Å²) in [7, 11) is 0. The first-order valence-corrected chi connectivity index (χ1v) is 7.86. The molecular weight excluding hydrogens is 317 g/mol. The molecule has 1 atom stereocenters. The summed E-state index contributed by atoms with van der Waals surface area (Å²) >= 11 is 1.59. The van der Waals surface area contributed by atoms with E-state index in [0.29, 0.717) is 11.4 Å². The smallest absolute Gasteiger partial charge is 0.244 e. The molecule has 118 valence electrons. The highest BCUT2D eigenvalue weighted by atomic mass is 32.1. The minimum absolute atomic E-state index is 0.0239. The fourth-order valence-electron chi connectivity index (χ4n) is 2.05. The Kier molecular flexibility index (Phi) is 4.42. The Balaban J connectivity index is 1.62. The molecule has 0 saturated carbocycles. The molecular formula is C15H14FN5OS. The van der Waals surface area contributed by atoms with Crippen molar-refractivity contribution in [3.63, 3.8) is 0 Å². The van der Waals surface area contributed by atoms with E-state index in [4.69, 9.17) is 0 Å². The Bertz CT molecular complexity index is 785. The van der Waals surface area contributed by atoms with Crippen LogP contribution in [-0.2, 0) is 11.3 Å². The Hall–Kier alpha value is -2.61.